The van der Waals surface area contributed by atoms with Gasteiger partial charge in [-0.05, 0) is 35.7 Å². The van der Waals surface area contributed by atoms with E-state index in [0.717, 1.165) is 5.56 Å². The highest BCUT2D eigenvalue weighted by Gasteiger charge is 2.19. The summed E-state index contributed by atoms with van der Waals surface area (Å²) < 4.78 is 34.9. The zero-order valence-corrected chi connectivity index (χ0v) is 17.6. The summed E-state index contributed by atoms with van der Waals surface area (Å²) in [4.78, 5) is 16.4. The maximum atomic E-state index is 12.5. The molecule has 3 rings (SSSR count). The molecule has 0 spiro atoms. The minimum absolute atomic E-state index is 0.0333. The summed E-state index contributed by atoms with van der Waals surface area (Å²) in [6, 6.07) is 15.9. The average molecular weight is 429 g/mol. The molecule has 1 atom stereocenters. The molecule has 0 radical (unpaired) electrons. The molecule has 158 valence electrons. The Balaban J connectivity index is 1.54. The monoisotopic (exact) mass is 429 g/mol. The number of ether oxygens (including phenoxy) is 1. The van der Waals surface area contributed by atoms with E-state index >= 15 is 0 Å². The van der Waals surface area contributed by atoms with Crippen LogP contribution in [0.15, 0.2) is 64.0 Å². The fourth-order valence-corrected chi connectivity index (χ4v) is 4.03. The largest absolute Gasteiger partial charge is 0.497 e. The van der Waals surface area contributed by atoms with Gasteiger partial charge in [-0.2, -0.15) is 4.98 Å². The topological polar surface area (TPSA) is 111 Å². The quantitative estimate of drug-likeness (QED) is 0.556. The Kier molecular flexibility index (Phi) is 6.83. The van der Waals surface area contributed by atoms with Gasteiger partial charge in [0.05, 0.1) is 17.8 Å². The van der Waals surface area contributed by atoms with Gasteiger partial charge in [0.2, 0.25) is 0 Å². The summed E-state index contributed by atoms with van der Waals surface area (Å²) in [5.41, 5.74) is 1.10. The van der Waals surface area contributed by atoms with Crippen molar-refractivity contribution in [2.75, 3.05) is 19.4 Å². The van der Waals surface area contributed by atoms with Crippen molar-refractivity contribution in [3.8, 4) is 5.75 Å². The van der Waals surface area contributed by atoms with Crippen LogP contribution >= 0.6 is 0 Å². The van der Waals surface area contributed by atoms with Crippen molar-refractivity contribution in [1.29, 1.82) is 0 Å². The highest BCUT2D eigenvalue weighted by Crippen LogP contribution is 2.17. The van der Waals surface area contributed by atoms with Crippen LogP contribution < -0.4 is 10.1 Å². The normalized spacial score (nSPS) is 12.3. The molecule has 1 heterocycles. The number of carbonyl (C=O) groups is 1. The molecule has 30 heavy (non-hydrogen) atoms. The predicted octanol–water partition coefficient (Wildman–Crippen LogP) is 2.63. The number of hydrogen-bond acceptors (Lipinski definition) is 7. The number of sulfone groups is 1. The van der Waals surface area contributed by atoms with E-state index in [-0.39, 0.29) is 34.7 Å². The van der Waals surface area contributed by atoms with Crippen LogP contribution in [0, 0.1) is 0 Å². The molecule has 0 aliphatic rings. The lowest BCUT2D eigenvalue weighted by Gasteiger charge is -2.11. The number of amides is 1. The summed E-state index contributed by atoms with van der Waals surface area (Å²) in [5, 5.41) is 6.47. The summed E-state index contributed by atoms with van der Waals surface area (Å²) >= 11 is 0. The Bertz CT molecular complexity index is 1080. The van der Waals surface area contributed by atoms with Gasteiger partial charge in [0.1, 0.15) is 5.75 Å². The van der Waals surface area contributed by atoms with Crippen LogP contribution in [0.3, 0.4) is 0 Å². The highest BCUT2D eigenvalue weighted by atomic mass is 32.2. The molecule has 0 saturated heterocycles. The number of methoxy groups -OCH3 is 1. The van der Waals surface area contributed by atoms with Crippen molar-refractivity contribution < 1.29 is 22.5 Å². The summed E-state index contributed by atoms with van der Waals surface area (Å²) in [6.45, 7) is 2.41. The molecule has 2 aromatic carbocycles. The molecule has 0 saturated carbocycles. The first-order valence-corrected chi connectivity index (χ1v) is 11.1. The molecule has 9 heteroatoms. The predicted molar refractivity (Wildman–Crippen MR) is 110 cm³/mol. The maximum absolute atomic E-state index is 12.5. The number of benzene rings is 2. The van der Waals surface area contributed by atoms with Crippen LogP contribution in [-0.4, -0.2) is 43.9 Å². The smallest absolute Gasteiger partial charge is 0.315 e. The zero-order chi connectivity index (χ0) is 21.6. The Morgan fingerprint density at radius 2 is 1.83 bits per heavy atom. The minimum Gasteiger partial charge on any atom is -0.497 e. The number of aryl methyl sites for hydroxylation is 1. The van der Waals surface area contributed by atoms with Gasteiger partial charge < -0.3 is 14.6 Å². The van der Waals surface area contributed by atoms with E-state index in [1.807, 2.05) is 37.3 Å². The average Bonchev–Trinajstić information content (AvgIpc) is 3.26. The third-order valence-corrected chi connectivity index (χ3v) is 6.34. The lowest BCUT2D eigenvalue weighted by molar-refractivity contribution is 0.0907. The molecular weight excluding hydrogens is 406 g/mol. The summed E-state index contributed by atoms with van der Waals surface area (Å²) in [5.74, 6) is -0.0307. The van der Waals surface area contributed by atoms with Crippen molar-refractivity contribution in [1.82, 2.24) is 15.5 Å². The van der Waals surface area contributed by atoms with Gasteiger partial charge in [0.25, 0.3) is 0 Å². The van der Waals surface area contributed by atoms with Gasteiger partial charge in [-0.25, -0.2) is 8.42 Å². The van der Waals surface area contributed by atoms with E-state index in [1.54, 1.807) is 12.1 Å². The lowest BCUT2D eigenvalue weighted by Crippen LogP contribution is -2.27. The Hall–Kier alpha value is -3.20. The highest BCUT2D eigenvalue weighted by molar-refractivity contribution is 7.91. The van der Waals surface area contributed by atoms with Crippen LogP contribution in [0.25, 0.3) is 0 Å². The molecule has 3 aromatic rings. The molecule has 0 bridgehead atoms. The molecule has 0 fully saturated rings. The standard InChI is InChI=1S/C21H23N3O5S/c1-15(16-6-4-3-5-7-16)14-22-20(25)21-23-19(24-29-21)12-13-30(26,27)18-10-8-17(28-2)9-11-18/h3-11,15H,12-14H2,1-2H3,(H,22,25)/t15-/m0/s1. The molecule has 1 N–H and O–H groups in total. The third kappa shape index (κ3) is 5.44. The van der Waals surface area contributed by atoms with Crippen molar-refractivity contribution in [2.24, 2.45) is 0 Å². The van der Waals surface area contributed by atoms with Crippen molar-refractivity contribution >= 4 is 15.7 Å². The fraction of sp³-hybridized carbons (Fsp3) is 0.286. The minimum atomic E-state index is -3.52. The molecule has 0 unspecified atom stereocenters. The summed E-state index contributed by atoms with van der Waals surface area (Å²) in [7, 11) is -2.01. The number of nitrogens with one attached hydrogen (secondary N) is 1. The second-order valence-electron chi connectivity index (χ2n) is 6.78. The Morgan fingerprint density at radius 3 is 2.50 bits per heavy atom. The van der Waals surface area contributed by atoms with Crippen LogP contribution in [0.2, 0.25) is 0 Å². The summed E-state index contributed by atoms with van der Waals surface area (Å²) in [6.07, 6.45) is 0.0333. The van der Waals surface area contributed by atoms with E-state index < -0.39 is 15.7 Å². The van der Waals surface area contributed by atoms with Gasteiger partial charge in [-0.1, -0.05) is 42.4 Å². The van der Waals surface area contributed by atoms with Crippen molar-refractivity contribution in [2.45, 2.75) is 24.2 Å². The Labute approximate surface area is 175 Å². The number of carbonyl (C=O) groups excluding carboxylic acids is 1. The first kappa shape index (κ1) is 21.5. The van der Waals surface area contributed by atoms with Crippen LogP contribution in [0.5, 0.6) is 5.75 Å². The molecule has 0 aliphatic heterocycles. The van der Waals surface area contributed by atoms with E-state index in [4.69, 9.17) is 9.26 Å². The van der Waals surface area contributed by atoms with Crippen LogP contribution in [-0.2, 0) is 16.3 Å². The van der Waals surface area contributed by atoms with Crippen molar-refractivity contribution in [3.05, 3.63) is 71.9 Å². The van der Waals surface area contributed by atoms with Gasteiger partial charge in [-0.3, -0.25) is 4.79 Å². The Morgan fingerprint density at radius 1 is 1.13 bits per heavy atom. The molecule has 1 aromatic heterocycles. The molecular formula is C21H23N3O5S. The van der Waals surface area contributed by atoms with E-state index in [1.165, 1.54) is 19.2 Å². The molecule has 1 amide bonds. The fourth-order valence-electron chi connectivity index (χ4n) is 2.80. The maximum Gasteiger partial charge on any atom is 0.315 e. The van der Waals surface area contributed by atoms with Crippen LogP contribution in [0.4, 0.5) is 0 Å². The van der Waals surface area contributed by atoms with Crippen LogP contribution in [0.1, 0.15) is 34.9 Å². The number of nitrogens with zero attached hydrogens (tertiary/aromatic N) is 2. The van der Waals surface area contributed by atoms with Crippen molar-refractivity contribution in [3.63, 3.8) is 0 Å². The number of aromatic nitrogens is 2. The lowest BCUT2D eigenvalue weighted by atomic mass is 10.0. The van der Waals surface area contributed by atoms with Gasteiger partial charge in [-0.15, -0.1) is 0 Å². The van der Waals surface area contributed by atoms with E-state index in [0.29, 0.717) is 12.3 Å². The third-order valence-electron chi connectivity index (χ3n) is 4.61. The molecule has 8 nitrogen and oxygen atoms in total. The number of hydrogen-bond donors (Lipinski definition) is 1. The molecule has 0 aliphatic carbocycles. The number of rotatable bonds is 9. The SMILES string of the molecule is COc1ccc(S(=O)(=O)CCc2noc(C(=O)NC[C@H](C)c3ccccc3)n2)cc1. The van der Waals surface area contributed by atoms with E-state index in [2.05, 4.69) is 15.5 Å². The first-order chi connectivity index (χ1) is 14.4. The van der Waals surface area contributed by atoms with Gasteiger partial charge >= 0.3 is 11.8 Å². The zero-order valence-electron chi connectivity index (χ0n) is 16.7. The van der Waals surface area contributed by atoms with E-state index in [9.17, 15) is 13.2 Å². The second-order valence-corrected chi connectivity index (χ2v) is 8.89. The first-order valence-electron chi connectivity index (χ1n) is 9.41. The van der Waals surface area contributed by atoms with Gasteiger partial charge in [0.15, 0.2) is 15.7 Å². The second kappa shape index (κ2) is 9.53. The van der Waals surface area contributed by atoms with Gasteiger partial charge in [0, 0.05) is 13.0 Å².